The first-order valence-corrected chi connectivity index (χ1v) is 10.1. The summed E-state index contributed by atoms with van der Waals surface area (Å²) in [6, 6.07) is 16.0. The summed E-state index contributed by atoms with van der Waals surface area (Å²) < 4.78 is 0. The Morgan fingerprint density at radius 2 is 1.68 bits per heavy atom. The minimum Gasteiger partial charge on any atom is -0.341 e. The molecule has 2 amide bonds. The van der Waals surface area contributed by atoms with Crippen molar-refractivity contribution >= 4 is 17.5 Å². The number of nitrogens with zero attached hydrogens (tertiary/aromatic N) is 1. The highest BCUT2D eigenvalue weighted by molar-refractivity contribution is 5.92. The number of nitrogens with one attached hydrogen (secondary N) is 2. The Labute approximate surface area is 166 Å². The van der Waals surface area contributed by atoms with Gasteiger partial charge in [0.1, 0.15) is 0 Å². The lowest BCUT2D eigenvalue weighted by molar-refractivity contribution is -0.136. The van der Waals surface area contributed by atoms with Gasteiger partial charge in [-0.25, -0.2) is 0 Å². The second kappa shape index (κ2) is 8.15. The molecule has 2 heterocycles. The number of carbonyl (C=O) groups excluding carboxylic acids is 2. The summed E-state index contributed by atoms with van der Waals surface area (Å²) in [4.78, 5) is 27.4. The summed E-state index contributed by atoms with van der Waals surface area (Å²) in [7, 11) is 0. The number of fused-ring (bicyclic) bond motifs is 1. The average molecular weight is 377 g/mol. The second-order valence-electron chi connectivity index (χ2n) is 7.86. The third kappa shape index (κ3) is 4.09. The molecular formula is C23H27N3O2. The summed E-state index contributed by atoms with van der Waals surface area (Å²) >= 11 is 0. The van der Waals surface area contributed by atoms with Crippen LogP contribution in [0.1, 0.15) is 29.5 Å². The quantitative estimate of drug-likeness (QED) is 0.865. The molecule has 146 valence electrons. The molecule has 0 radical (unpaired) electrons. The van der Waals surface area contributed by atoms with Crippen LogP contribution in [0.25, 0.3) is 0 Å². The Balaban J connectivity index is 1.29. The van der Waals surface area contributed by atoms with Crippen molar-refractivity contribution in [2.45, 2.75) is 38.8 Å². The number of likely N-dealkylation sites (tertiary alicyclic amines) is 1. The van der Waals surface area contributed by atoms with Gasteiger partial charge in [-0.3, -0.25) is 9.59 Å². The van der Waals surface area contributed by atoms with E-state index >= 15 is 0 Å². The van der Waals surface area contributed by atoms with E-state index in [1.807, 2.05) is 48.2 Å². The van der Waals surface area contributed by atoms with Crippen LogP contribution in [0.4, 0.5) is 5.69 Å². The van der Waals surface area contributed by atoms with Crippen LogP contribution in [0, 0.1) is 12.8 Å². The van der Waals surface area contributed by atoms with Gasteiger partial charge in [-0.1, -0.05) is 42.0 Å². The molecule has 2 N–H and O–H groups in total. The van der Waals surface area contributed by atoms with E-state index in [0.29, 0.717) is 25.9 Å². The molecule has 1 atom stereocenters. The largest absolute Gasteiger partial charge is 0.341 e. The molecule has 2 aromatic rings. The summed E-state index contributed by atoms with van der Waals surface area (Å²) in [5.74, 6) is 0.179. The molecular weight excluding hydrogens is 350 g/mol. The molecule has 1 saturated heterocycles. The van der Waals surface area contributed by atoms with E-state index in [1.54, 1.807) is 0 Å². The highest BCUT2D eigenvalue weighted by atomic mass is 16.2. The maximum absolute atomic E-state index is 12.9. The predicted molar refractivity (Wildman–Crippen MR) is 110 cm³/mol. The van der Waals surface area contributed by atoms with Gasteiger partial charge < -0.3 is 15.5 Å². The van der Waals surface area contributed by atoms with Gasteiger partial charge in [0.15, 0.2) is 0 Å². The zero-order valence-corrected chi connectivity index (χ0v) is 16.3. The van der Waals surface area contributed by atoms with Gasteiger partial charge in [0, 0.05) is 31.2 Å². The summed E-state index contributed by atoms with van der Waals surface area (Å²) in [6.07, 6.45) is 2.17. The lowest BCUT2D eigenvalue weighted by Gasteiger charge is -2.35. The summed E-state index contributed by atoms with van der Waals surface area (Å²) in [5, 5.41) is 6.38. The maximum Gasteiger partial charge on any atom is 0.240 e. The molecule has 1 fully saturated rings. The van der Waals surface area contributed by atoms with Crippen LogP contribution in [-0.2, 0) is 22.6 Å². The number of benzene rings is 2. The fourth-order valence-electron chi connectivity index (χ4n) is 4.09. The Kier molecular flexibility index (Phi) is 5.44. The summed E-state index contributed by atoms with van der Waals surface area (Å²) in [6.45, 7) is 4.05. The van der Waals surface area contributed by atoms with Crippen molar-refractivity contribution in [2.24, 2.45) is 5.92 Å². The van der Waals surface area contributed by atoms with E-state index in [2.05, 4.69) is 22.8 Å². The van der Waals surface area contributed by atoms with Crippen molar-refractivity contribution in [3.8, 4) is 0 Å². The molecule has 0 aromatic heterocycles. The van der Waals surface area contributed by atoms with Crippen LogP contribution in [0.2, 0.25) is 0 Å². The van der Waals surface area contributed by atoms with Crippen molar-refractivity contribution in [1.82, 2.24) is 10.2 Å². The van der Waals surface area contributed by atoms with Gasteiger partial charge in [0.05, 0.1) is 6.04 Å². The number of aryl methyl sites for hydroxylation is 1. The smallest absolute Gasteiger partial charge is 0.240 e. The van der Waals surface area contributed by atoms with Crippen LogP contribution in [-0.4, -0.2) is 35.8 Å². The fourth-order valence-corrected chi connectivity index (χ4v) is 4.09. The van der Waals surface area contributed by atoms with E-state index in [4.69, 9.17) is 0 Å². The van der Waals surface area contributed by atoms with Crippen LogP contribution in [0.3, 0.4) is 0 Å². The van der Waals surface area contributed by atoms with Crippen LogP contribution >= 0.6 is 0 Å². The minimum absolute atomic E-state index is 0.0367. The molecule has 0 bridgehead atoms. The first-order chi connectivity index (χ1) is 13.6. The zero-order valence-electron chi connectivity index (χ0n) is 16.3. The lowest BCUT2D eigenvalue weighted by Crippen LogP contribution is -2.52. The Hall–Kier alpha value is -2.66. The average Bonchev–Trinajstić information content (AvgIpc) is 2.74. The normalized spacial score (nSPS) is 19.8. The van der Waals surface area contributed by atoms with Gasteiger partial charge in [0.2, 0.25) is 11.8 Å². The van der Waals surface area contributed by atoms with Crippen LogP contribution < -0.4 is 10.6 Å². The van der Waals surface area contributed by atoms with Gasteiger partial charge in [-0.05, 0) is 49.4 Å². The number of anilines is 1. The second-order valence-corrected chi connectivity index (χ2v) is 7.86. The molecule has 2 aliphatic heterocycles. The van der Waals surface area contributed by atoms with E-state index in [1.165, 1.54) is 16.7 Å². The predicted octanol–water partition coefficient (Wildman–Crippen LogP) is 2.89. The molecule has 2 aromatic carbocycles. The van der Waals surface area contributed by atoms with Gasteiger partial charge in [-0.2, -0.15) is 0 Å². The standard InChI is InChI=1S/C23H27N3O2/c1-16-6-8-20(9-7-16)25-22(27)17-10-12-26(13-11-17)23(28)21-14-18-4-2-3-5-19(18)15-24-21/h2-9,17,21,24H,10-15H2,1H3,(H,25,27)/t21-/m0/s1. The molecule has 5 heteroatoms. The van der Waals surface area contributed by atoms with Crippen LogP contribution in [0.5, 0.6) is 0 Å². The van der Waals surface area contributed by atoms with Crippen molar-refractivity contribution < 1.29 is 9.59 Å². The van der Waals surface area contributed by atoms with Crippen molar-refractivity contribution in [1.29, 1.82) is 0 Å². The summed E-state index contributed by atoms with van der Waals surface area (Å²) in [5.41, 5.74) is 4.54. The molecule has 5 nitrogen and oxygen atoms in total. The minimum atomic E-state index is -0.159. The van der Waals surface area contributed by atoms with E-state index in [0.717, 1.165) is 18.7 Å². The lowest BCUT2D eigenvalue weighted by atomic mass is 9.92. The molecule has 0 saturated carbocycles. The first kappa shape index (κ1) is 18.7. The monoisotopic (exact) mass is 377 g/mol. The molecule has 4 rings (SSSR count). The molecule has 28 heavy (non-hydrogen) atoms. The maximum atomic E-state index is 12.9. The highest BCUT2D eigenvalue weighted by Crippen LogP contribution is 2.22. The molecule has 0 spiro atoms. The molecule has 2 aliphatic rings. The topological polar surface area (TPSA) is 61.4 Å². The Bertz CT molecular complexity index is 854. The van der Waals surface area contributed by atoms with Crippen LogP contribution in [0.15, 0.2) is 48.5 Å². The van der Waals surface area contributed by atoms with E-state index in [-0.39, 0.29) is 23.8 Å². The van der Waals surface area contributed by atoms with Crippen molar-refractivity contribution in [2.75, 3.05) is 18.4 Å². The Morgan fingerprint density at radius 3 is 2.39 bits per heavy atom. The molecule has 0 unspecified atom stereocenters. The van der Waals surface area contributed by atoms with Crippen molar-refractivity contribution in [3.05, 3.63) is 65.2 Å². The fraction of sp³-hybridized carbons (Fsp3) is 0.391. The number of carbonyl (C=O) groups is 2. The SMILES string of the molecule is Cc1ccc(NC(=O)C2CCN(C(=O)[C@@H]3Cc4ccccc4CN3)CC2)cc1. The zero-order chi connectivity index (χ0) is 19.5. The third-order valence-electron chi connectivity index (χ3n) is 5.88. The molecule has 0 aliphatic carbocycles. The van der Waals surface area contributed by atoms with Gasteiger partial charge in [-0.15, -0.1) is 0 Å². The number of hydrogen-bond acceptors (Lipinski definition) is 3. The van der Waals surface area contributed by atoms with Gasteiger partial charge in [0.25, 0.3) is 0 Å². The Morgan fingerprint density at radius 1 is 1.00 bits per heavy atom. The van der Waals surface area contributed by atoms with Gasteiger partial charge >= 0.3 is 0 Å². The number of rotatable bonds is 3. The highest BCUT2D eigenvalue weighted by Gasteiger charge is 2.32. The first-order valence-electron chi connectivity index (χ1n) is 10.1. The third-order valence-corrected chi connectivity index (χ3v) is 5.88. The number of piperidine rings is 1. The van der Waals surface area contributed by atoms with Crippen molar-refractivity contribution in [3.63, 3.8) is 0 Å². The van der Waals surface area contributed by atoms with E-state index < -0.39 is 0 Å². The number of hydrogen-bond donors (Lipinski definition) is 2. The van der Waals surface area contributed by atoms with E-state index in [9.17, 15) is 9.59 Å². The number of amides is 2.